The minimum atomic E-state index is -0.485. The standard InChI is InChI=1S/C15H31NO/c1-4-15(17,5-2)12-16-11-10-14-8-6-13(3)7-9-14/h13-14,16-17H,4-12H2,1-3H3. The summed E-state index contributed by atoms with van der Waals surface area (Å²) in [6, 6.07) is 0. The summed E-state index contributed by atoms with van der Waals surface area (Å²) in [5.41, 5.74) is -0.485. The van der Waals surface area contributed by atoms with Crippen LogP contribution < -0.4 is 5.32 Å². The van der Waals surface area contributed by atoms with Crippen molar-refractivity contribution in [2.75, 3.05) is 13.1 Å². The first kappa shape index (κ1) is 15.0. The average molecular weight is 241 g/mol. The maximum Gasteiger partial charge on any atom is 0.0766 e. The van der Waals surface area contributed by atoms with Gasteiger partial charge in [0.05, 0.1) is 5.60 Å². The Morgan fingerprint density at radius 3 is 2.24 bits per heavy atom. The van der Waals surface area contributed by atoms with Gasteiger partial charge in [0.2, 0.25) is 0 Å². The molecule has 0 amide bonds. The normalized spacial score (nSPS) is 26.1. The summed E-state index contributed by atoms with van der Waals surface area (Å²) in [7, 11) is 0. The Morgan fingerprint density at radius 1 is 1.12 bits per heavy atom. The van der Waals surface area contributed by atoms with Crippen LogP contribution in [0, 0.1) is 11.8 Å². The summed E-state index contributed by atoms with van der Waals surface area (Å²) in [4.78, 5) is 0. The fraction of sp³-hybridized carbons (Fsp3) is 1.00. The van der Waals surface area contributed by atoms with Crippen LogP contribution in [0.15, 0.2) is 0 Å². The van der Waals surface area contributed by atoms with Crippen LogP contribution in [0.4, 0.5) is 0 Å². The van der Waals surface area contributed by atoms with Crippen molar-refractivity contribution in [1.29, 1.82) is 0 Å². The minimum Gasteiger partial charge on any atom is -0.389 e. The minimum absolute atomic E-state index is 0.485. The van der Waals surface area contributed by atoms with Gasteiger partial charge >= 0.3 is 0 Å². The lowest BCUT2D eigenvalue weighted by Gasteiger charge is -2.28. The second-order valence-corrected chi connectivity index (χ2v) is 6.02. The summed E-state index contributed by atoms with van der Waals surface area (Å²) >= 11 is 0. The molecule has 0 atom stereocenters. The lowest BCUT2D eigenvalue weighted by atomic mass is 9.81. The van der Waals surface area contributed by atoms with E-state index in [1.807, 2.05) is 0 Å². The number of nitrogens with one attached hydrogen (secondary N) is 1. The van der Waals surface area contributed by atoms with Crippen molar-refractivity contribution >= 4 is 0 Å². The van der Waals surface area contributed by atoms with Crippen LogP contribution in [0.2, 0.25) is 0 Å². The molecule has 102 valence electrons. The molecule has 0 aromatic rings. The molecule has 17 heavy (non-hydrogen) atoms. The van der Waals surface area contributed by atoms with Gasteiger partial charge in [0, 0.05) is 6.54 Å². The molecule has 0 saturated heterocycles. The van der Waals surface area contributed by atoms with E-state index >= 15 is 0 Å². The third-order valence-electron chi connectivity index (χ3n) is 4.64. The number of hydrogen-bond donors (Lipinski definition) is 2. The predicted octanol–water partition coefficient (Wildman–Crippen LogP) is 3.34. The highest BCUT2D eigenvalue weighted by atomic mass is 16.3. The molecule has 0 bridgehead atoms. The van der Waals surface area contributed by atoms with E-state index in [0.717, 1.165) is 37.8 Å². The van der Waals surface area contributed by atoms with Crippen molar-refractivity contribution in [3.8, 4) is 0 Å². The van der Waals surface area contributed by atoms with Gasteiger partial charge in [-0.3, -0.25) is 0 Å². The predicted molar refractivity (Wildman–Crippen MR) is 74.1 cm³/mol. The molecule has 1 fully saturated rings. The van der Waals surface area contributed by atoms with E-state index in [1.165, 1.54) is 32.1 Å². The van der Waals surface area contributed by atoms with Crippen LogP contribution in [0.5, 0.6) is 0 Å². The Balaban J connectivity index is 2.08. The molecule has 2 nitrogen and oxygen atoms in total. The maximum absolute atomic E-state index is 10.1. The van der Waals surface area contributed by atoms with Gasteiger partial charge in [-0.15, -0.1) is 0 Å². The van der Waals surface area contributed by atoms with Crippen molar-refractivity contribution in [3.63, 3.8) is 0 Å². The average Bonchev–Trinajstić information content (AvgIpc) is 2.36. The lowest BCUT2D eigenvalue weighted by Crippen LogP contribution is -2.40. The molecule has 0 aromatic carbocycles. The molecular weight excluding hydrogens is 210 g/mol. The molecule has 1 rings (SSSR count). The van der Waals surface area contributed by atoms with Crippen molar-refractivity contribution in [2.24, 2.45) is 11.8 Å². The van der Waals surface area contributed by atoms with Gasteiger partial charge < -0.3 is 10.4 Å². The number of aliphatic hydroxyl groups is 1. The smallest absolute Gasteiger partial charge is 0.0766 e. The van der Waals surface area contributed by atoms with Crippen LogP contribution in [0.1, 0.15) is 65.7 Å². The first-order chi connectivity index (χ1) is 8.09. The second-order valence-electron chi connectivity index (χ2n) is 6.02. The molecule has 1 aliphatic rings. The third kappa shape index (κ3) is 5.39. The molecular formula is C15H31NO. The lowest BCUT2D eigenvalue weighted by molar-refractivity contribution is 0.0323. The first-order valence-electron chi connectivity index (χ1n) is 7.52. The van der Waals surface area contributed by atoms with Crippen molar-refractivity contribution in [3.05, 3.63) is 0 Å². The molecule has 2 N–H and O–H groups in total. The molecule has 0 unspecified atom stereocenters. The van der Waals surface area contributed by atoms with Gasteiger partial charge in [0.1, 0.15) is 0 Å². The monoisotopic (exact) mass is 241 g/mol. The molecule has 1 saturated carbocycles. The molecule has 1 aliphatic carbocycles. The Morgan fingerprint density at radius 2 is 1.71 bits per heavy atom. The molecule has 0 heterocycles. The highest BCUT2D eigenvalue weighted by molar-refractivity contribution is 4.78. The van der Waals surface area contributed by atoms with Gasteiger partial charge in [-0.2, -0.15) is 0 Å². The zero-order chi connectivity index (χ0) is 12.7. The summed E-state index contributed by atoms with van der Waals surface area (Å²) in [6.07, 6.45) is 8.63. The Bertz CT molecular complexity index is 193. The fourth-order valence-electron chi connectivity index (χ4n) is 2.75. The largest absolute Gasteiger partial charge is 0.389 e. The highest BCUT2D eigenvalue weighted by Crippen LogP contribution is 2.29. The first-order valence-corrected chi connectivity index (χ1v) is 7.52. The van der Waals surface area contributed by atoms with E-state index in [1.54, 1.807) is 0 Å². The Hall–Kier alpha value is -0.0800. The second kappa shape index (κ2) is 7.38. The number of rotatable bonds is 7. The van der Waals surface area contributed by atoms with E-state index in [9.17, 15) is 5.11 Å². The van der Waals surface area contributed by atoms with Gasteiger partial charge in [0.25, 0.3) is 0 Å². The number of hydrogen-bond acceptors (Lipinski definition) is 2. The van der Waals surface area contributed by atoms with Crippen molar-refractivity contribution in [1.82, 2.24) is 5.32 Å². The van der Waals surface area contributed by atoms with Crippen molar-refractivity contribution in [2.45, 2.75) is 71.3 Å². The van der Waals surface area contributed by atoms with Crippen LogP contribution in [-0.4, -0.2) is 23.8 Å². The van der Waals surface area contributed by atoms with E-state index in [2.05, 4.69) is 26.1 Å². The Labute approximate surface area is 107 Å². The van der Waals surface area contributed by atoms with Crippen LogP contribution in [0.3, 0.4) is 0 Å². The van der Waals surface area contributed by atoms with E-state index in [-0.39, 0.29) is 0 Å². The topological polar surface area (TPSA) is 32.3 Å². The summed E-state index contributed by atoms with van der Waals surface area (Å²) in [6.45, 7) is 8.32. The summed E-state index contributed by atoms with van der Waals surface area (Å²) in [5.74, 6) is 1.87. The van der Waals surface area contributed by atoms with Gasteiger partial charge in [0.15, 0.2) is 0 Å². The van der Waals surface area contributed by atoms with Crippen LogP contribution in [-0.2, 0) is 0 Å². The molecule has 0 aromatic heterocycles. The molecule has 0 aliphatic heterocycles. The van der Waals surface area contributed by atoms with Crippen LogP contribution in [0.25, 0.3) is 0 Å². The van der Waals surface area contributed by atoms with Crippen molar-refractivity contribution < 1.29 is 5.11 Å². The summed E-state index contributed by atoms with van der Waals surface area (Å²) in [5, 5.41) is 13.6. The Kier molecular flexibility index (Phi) is 6.50. The van der Waals surface area contributed by atoms with Crippen LogP contribution >= 0.6 is 0 Å². The van der Waals surface area contributed by atoms with Gasteiger partial charge in [-0.05, 0) is 37.6 Å². The zero-order valence-corrected chi connectivity index (χ0v) is 12.0. The quantitative estimate of drug-likeness (QED) is 0.670. The SMILES string of the molecule is CCC(O)(CC)CNCCC1CCC(C)CC1. The van der Waals surface area contributed by atoms with E-state index < -0.39 is 5.60 Å². The van der Waals surface area contributed by atoms with E-state index in [4.69, 9.17) is 0 Å². The third-order valence-corrected chi connectivity index (χ3v) is 4.64. The molecule has 2 heteroatoms. The molecule has 0 radical (unpaired) electrons. The van der Waals surface area contributed by atoms with Gasteiger partial charge in [-0.1, -0.05) is 46.5 Å². The summed E-state index contributed by atoms with van der Waals surface area (Å²) < 4.78 is 0. The van der Waals surface area contributed by atoms with Gasteiger partial charge in [-0.25, -0.2) is 0 Å². The highest BCUT2D eigenvalue weighted by Gasteiger charge is 2.22. The maximum atomic E-state index is 10.1. The van der Waals surface area contributed by atoms with E-state index in [0.29, 0.717) is 0 Å². The zero-order valence-electron chi connectivity index (χ0n) is 12.0. The fourth-order valence-corrected chi connectivity index (χ4v) is 2.75. The molecule has 0 spiro atoms.